The van der Waals surface area contributed by atoms with E-state index in [-0.39, 0.29) is 18.6 Å². The molecule has 1 aromatic carbocycles. The quantitative estimate of drug-likeness (QED) is 0.366. The lowest BCUT2D eigenvalue weighted by molar-refractivity contribution is -0.136. The molecule has 2 aliphatic rings. The lowest BCUT2D eigenvalue weighted by Gasteiger charge is -2.37. The van der Waals surface area contributed by atoms with E-state index in [4.69, 9.17) is 9.47 Å². The first kappa shape index (κ1) is 24.9. The van der Waals surface area contributed by atoms with Gasteiger partial charge in [-0.25, -0.2) is 0 Å². The van der Waals surface area contributed by atoms with Gasteiger partial charge in [0.1, 0.15) is 12.4 Å². The largest absolute Gasteiger partial charge is 0.491 e. The van der Waals surface area contributed by atoms with Crippen molar-refractivity contribution in [2.75, 3.05) is 39.5 Å². The van der Waals surface area contributed by atoms with Crippen LogP contribution in [0.15, 0.2) is 42.3 Å². The summed E-state index contributed by atoms with van der Waals surface area (Å²) in [6.07, 6.45) is 4.06. The molecule has 1 aromatic heterocycles. The van der Waals surface area contributed by atoms with Crippen molar-refractivity contribution in [2.45, 2.75) is 51.3 Å². The Hall–Kier alpha value is -2.19. The highest BCUT2D eigenvalue weighted by molar-refractivity contribution is 7.10. The van der Waals surface area contributed by atoms with Crippen LogP contribution in [-0.2, 0) is 16.0 Å². The molecule has 1 saturated carbocycles. The second-order valence-corrected chi connectivity index (χ2v) is 10.4. The molecule has 0 radical (unpaired) electrons. The van der Waals surface area contributed by atoms with Crippen molar-refractivity contribution >= 4 is 17.2 Å². The third-order valence-electron chi connectivity index (χ3n) is 6.54. The van der Waals surface area contributed by atoms with Crippen molar-refractivity contribution < 1.29 is 19.4 Å². The molecule has 184 valence electrons. The summed E-state index contributed by atoms with van der Waals surface area (Å²) in [5, 5.41) is 12.5. The number of benzene rings is 1. The second-order valence-electron chi connectivity index (χ2n) is 9.37. The monoisotopic (exact) mass is 484 g/mol. The van der Waals surface area contributed by atoms with E-state index in [0.29, 0.717) is 38.9 Å². The van der Waals surface area contributed by atoms with E-state index in [1.807, 2.05) is 11.0 Å². The van der Waals surface area contributed by atoms with Crippen molar-refractivity contribution in [3.05, 3.63) is 63.9 Å². The summed E-state index contributed by atoms with van der Waals surface area (Å²) < 4.78 is 11.7. The molecule has 34 heavy (non-hydrogen) atoms. The lowest BCUT2D eigenvalue weighted by Crippen LogP contribution is -2.48. The Morgan fingerprint density at radius 1 is 1.35 bits per heavy atom. The number of rotatable bonds is 12. The number of aryl methyl sites for hydroxylation is 2. The molecule has 1 N–H and O–H groups in total. The second kappa shape index (κ2) is 11.5. The fourth-order valence-corrected chi connectivity index (χ4v) is 5.59. The molecular weight excluding hydrogens is 448 g/mol. The topological polar surface area (TPSA) is 62.2 Å². The van der Waals surface area contributed by atoms with Crippen molar-refractivity contribution in [2.24, 2.45) is 0 Å². The number of hydrogen-bond donors (Lipinski definition) is 1. The summed E-state index contributed by atoms with van der Waals surface area (Å²) >= 11 is 1.76. The predicted octanol–water partition coefficient (Wildman–Crippen LogP) is 3.90. The van der Waals surface area contributed by atoms with Crippen molar-refractivity contribution in [3.63, 3.8) is 0 Å². The normalized spacial score (nSPS) is 18.6. The van der Waals surface area contributed by atoms with Crippen molar-refractivity contribution in [3.8, 4) is 5.75 Å². The summed E-state index contributed by atoms with van der Waals surface area (Å²) in [7, 11) is 0. The summed E-state index contributed by atoms with van der Waals surface area (Å²) in [5.74, 6) is 0.958. The first-order chi connectivity index (χ1) is 16.5. The van der Waals surface area contributed by atoms with E-state index >= 15 is 0 Å². The maximum atomic E-state index is 13.6. The number of hydrogen-bond acceptors (Lipinski definition) is 6. The first-order valence-electron chi connectivity index (χ1n) is 12.1. The van der Waals surface area contributed by atoms with Crippen LogP contribution >= 0.6 is 11.3 Å². The SMILES string of the molecule is C=CCOC[C@@H](O)CN(CC(=O)N1CCc2sccc2[C@@H]1COc1ccc(C)cc1C)C1CC1. The van der Waals surface area contributed by atoms with Crippen LogP contribution in [0.1, 0.15) is 40.5 Å². The number of thiophene rings is 1. The van der Waals surface area contributed by atoms with E-state index in [9.17, 15) is 9.90 Å². The first-order valence-corrected chi connectivity index (χ1v) is 13.0. The summed E-state index contributed by atoms with van der Waals surface area (Å²) in [6, 6.07) is 8.58. The van der Waals surface area contributed by atoms with E-state index in [2.05, 4.69) is 48.9 Å². The number of carbonyl (C=O) groups excluding carboxylic acids is 1. The van der Waals surface area contributed by atoms with Crippen LogP contribution in [0.3, 0.4) is 0 Å². The zero-order valence-electron chi connectivity index (χ0n) is 20.2. The summed E-state index contributed by atoms with van der Waals surface area (Å²) in [6.45, 7) is 10.3. The molecule has 1 aliphatic heterocycles. The number of fused-ring (bicyclic) bond motifs is 1. The van der Waals surface area contributed by atoms with E-state index in [0.717, 1.165) is 30.6 Å². The van der Waals surface area contributed by atoms with Gasteiger partial charge in [0.25, 0.3) is 0 Å². The fraction of sp³-hybridized carbons (Fsp3) is 0.519. The van der Waals surface area contributed by atoms with Crippen molar-refractivity contribution in [1.29, 1.82) is 0 Å². The molecule has 0 unspecified atom stereocenters. The third-order valence-corrected chi connectivity index (χ3v) is 7.53. The average Bonchev–Trinajstić information content (AvgIpc) is 3.54. The van der Waals surface area contributed by atoms with E-state index in [1.165, 1.54) is 16.0 Å². The number of aliphatic hydroxyl groups is 1. The molecule has 7 heteroatoms. The third kappa shape index (κ3) is 6.27. The summed E-state index contributed by atoms with van der Waals surface area (Å²) in [4.78, 5) is 19.0. The molecule has 0 saturated heterocycles. The molecule has 4 rings (SSSR count). The molecule has 2 atom stereocenters. The van der Waals surface area contributed by atoms with Gasteiger partial charge in [-0.1, -0.05) is 23.8 Å². The summed E-state index contributed by atoms with van der Waals surface area (Å²) in [5.41, 5.74) is 3.51. The van der Waals surface area contributed by atoms with Gasteiger partial charge >= 0.3 is 0 Å². The van der Waals surface area contributed by atoms with E-state index < -0.39 is 6.10 Å². The molecule has 0 bridgehead atoms. The minimum atomic E-state index is -0.623. The van der Waals surface area contributed by atoms with Gasteiger partial charge in [-0.3, -0.25) is 9.69 Å². The molecular formula is C27H36N2O4S. The van der Waals surface area contributed by atoms with Crippen molar-refractivity contribution in [1.82, 2.24) is 9.80 Å². The molecule has 2 heterocycles. The van der Waals surface area contributed by atoms with Gasteiger partial charge in [-0.15, -0.1) is 17.9 Å². The maximum absolute atomic E-state index is 13.6. The van der Waals surface area contributed by atoms with Gasteiger partial charge in [0.2, 0.25) is 5.91 Å². The molecule has 1 amide bonds. The average molecular weight is 485 g/mol. The van der Waals surface area contributed by atoms with Crippen LogP contribution in [0.2, 0.25) is 0 Å². The molecule has 1 aliphatic carbocycles. The Kier molecular flexibility index (Phi) is 8.42. The number of ether oxygens (including phenoxy) is 2. The van der Waals surface area contributed by atoms with E-state index in [1.54, 1.807) is 17.4 Å². The van der Waals surface area contributed by atoms with Crippen LogP contribution in [0.25, 0.3) is 0 Å². The Morgan fingerprint density at radius 2 is 2.18 bits per heavy atom. The van der Waals surface area contributed by atoms with Crippen LogP contribution in [-0.4, -0.2) is 72.4 Å². The number of carbonyl (C=O) groups is 1. The zero-order valence-corrected chi connectivity index (χ0v) is 21.1. The smallest absolute Gasteiger partial charge is 0.237 e. The van der Waals surface area contributed by atoms with Crippen LogP contribution < -0.4 is 4.74 Å². The van der Waals surface area contributed by atoms with Gasteiger partial charge in [0.05, 0.1) is 31.9 Å². The number of aliphatic hydroxyl groups excluding tert-OH is 1. The maximum Gasteiger partial charge on any atom is 0.237 e. The highest BCUT2D eigenvalue weighted by Gasteiger charge is 2.36. The zero-order chi connectivity index (χ0) is 24.1. The van der Waals surface area contributed by atoms with Crippen LogP contribution in [0.5, 0.6) is 5.75 Å². The van der Waals surface area contributed by atoms with Crippen LogP contribution in [0, 0.1) is 13.8 Å². The van der Waals surface area contributed by atoms with Gasteiger partial charge < -0.3 is 19.5 Å². The number of amides is 1. The van der Waals surface area contributed by atoms with Gasteiger partial charge in [-0.2, -0.15) is 0 Å². The molecule has 2 aromatic rings. The molecule has 6 nitrogen and oxygen atoms in total. The predicted molar refractivity (Wildman–Crippen MR) is 136 cm³/mol. The Labute approximate surface area is 206 Å². The fourth-order valence-electron chi connectivity index (χ4n) is 4.66. The minimum Gasteiger partial charge on any atom is -0.491 e. The molecule has 0 spiro atoms. The Bertz CT molecular complexity index is 987. The lowest BCUT2D eigenvalue weighted by atomic mass is 10.00. The molecule has 1 fully saturated rings. The van der Waals surface area contributed by atoms with Crippen LogP contribution in [0.4, 0.5) is 0 Å². The highest BCUT2D eigenvalue weighted by atomic mass is 32.1. The Morgan fingerprint density at radius 3 is 2.91 bits per heavy atom. The van der Waals surface area contributed by atoms with Gasteiger partial charge in [0, 0.05) is 24.0 Å². The minimum absolute atomic E-state index is 0.0946. The Balaban J connectivity index is 1.43. The number of nitrogens with zero attached hydrogens (tertiary/aromatic N) is 2. The van der Waals surface area contributed by atoms with Gasteiger partial charge in [-0.05, 0) is 61.7 Å². The standard InChI is InChI=1S/C27H36N2O4S/c1-4-12-32-17-22(30)15-28(21-6-7-21)16-27(31)29-11-9-26-23(10-13-34-26)24(29)18-33-25-8-5-19(2)14-20(25)3/h4-5,8,10,13-14,21-22,24,30H,1,6-7,9,11-12,15-18H2,2-3H3/t22-,24-/m0/s1. The van der Waals surface area contributed by atoms with Gasteiger partial charge in [0.15, 0.2) is 0 Å². The highest BCUT2D eigenvalue weighted by Crippen LogP contribution is 2.35.